The molecule has 2 rings (SSSR count). The highest BCUT2D eigenvalue weighted by atomic mass is 35.5. The number of nitriles is 1. The predicted molar refractivity (Wildman–Crippen MR) is 88.0 cm³/mol. The highest BCUT2D eigenvalue weighted by Gasteiger charge is 2.03. The topological polar surface area (TPSA) is 35.8 Å². The Hall–Kier alpha value is -1.24. The van der Waals surface area contributed by atoms with Crippen LogP contribution >= 0.6 is 34.8 Å². The van der Waals surface area contributed by atoms with E-state index in [-0.39, 0.29) is 0 Å². The molecule has 0 saturated carbocycles. The molecule has 2 aromatic rings. The van der Waals surface area contributed by atoms with E-state index in [4.69, 9.17) is 40.1 Å². The lowest BCUT2D eigenvalue weighted by Gasteiger charge is -2.08. The maximum Gasteiger partial charge on any atom is 0.0992 e. The fourth-order valence-corrected chi connectivity index (χ4v) is 2.68. The van der Waals surface area contributed by atoms with Gasteiger partial charge >= 0.3 is 0 Å². The third-order valence-corrected chi connectivity index (χ3v) is 4.02. The van der Waals surface area contributed by atoms with Gasteiger partial charge in [0.2, 0.25) is 0 Å². The van der Waals surface area contributed by atoms with Crippen LogP contribution in [0.2, 0.25) is 15.1 Å². The monoisotopic (exact) mass is 338 g/mol. The number of rotatable bonds is 5. The summed E-state index contributed by atoms with van der Waals surface area (Å²) in [5, 5.41) is 14.0. The Morgan fingerprint density at radius 2 is 1.67 bits per heavy atom. The van der Waals surface area contributed by atoms with Gasteiger partial charge in [-0.3, -0.25) is 0 Å². The van der Waals surface area contributed by atoms with Crippen LogP contribution < -0.4 is 5.32 Å². The molecule has 0 bridgehead atoms. The molecule has 0 atom stereocenters. The third kappa shape index (κ3) is 4.62. The molecule has 0 amide bonds. The maximum atomic E-state index is 8.79. The summed E-state index contributed by atoms with van der Waals surface area (Å²) in [5.74, 6) is 0. The molecule has 0 spiro atoms. The second-order valence-corrected chi connectivity index (χ2v) is 5.83. The van der Waals surface area contributed by atoms with Crippen molar-refractivity contribution in [2.24, 2.45) is 0 Å². The average molecular weight is 340 g/mol. The van der Waals surface area contributed by atoms with Crippen molar-refractivity contribution in [1.82, 2.24) is 5.32 Å². The number of hydrogen-bond acceptors (Lipinski definition) is 2. The van der Waals surface area contributed by atoms with E-state index in [1.807, 2.05) is 18.2 Å². The highest BCUT2D eigenvalue weighted by molar-refractivity contribution is 6.35. The van der Waals surface area contributed by atoms with Crippen LogP contribution in [-0.4, -0.2) is 6.54 Å². The fraction of sp³-hybridized carbons (Fsp3) is 0.188. The first-order valence-corrected chi connectivity index (χ1v) is 7.56. The molecule has 0 saturated heterocycles. The molecule has 0 heterocycles. The van der Waals surface area contributed by atoms with Crippen molar-refractivity contribution in [3.8, 4) is 6.07 Å². The van der Waals surface area contributed by atoms with Gasteiger partial charge in [-0.25, -0.2) is 0 Å². The van der Waals surface area contributed by atoms with Gasteiger partial charge in [-0.05, 0) is 48.4 Å². The minimum Gasteiger partial charge on any atom is -0.312 e. The number of hydrogen-bond donors (Lipinski definition) is 1. The zero-order valence-corrected chi connectivity index (χ0v) is 13.4. The minimum absolute atomic E-state index is 0.566. The number of halogens is 3. The van der Waals surface area contributed by atoms with Crippen LogP contribution in [0.1, 0.15) is 16.7 Å². The Balaban J connectivity index is 1.86. The number of nitrogens with zero attached hydrogens (tertiary/aromatic N) is 1. The molecule has 0 aromatic heterocycles. The van der Waals surface area contributed by atoms with Crippen molar-refractivity contribution in [1.29, 1.82) is 5.26 Å². The first kappa shape index (κ1) is 16.1. The Bertz CT molecular complexity index is 678. The van der Waals surface area contributed by atoms with Crippen LogP contribution in [0.3, 0.4) is 0 Å². The van der Waals surface area contributed by atoms with E-state index in [9.17, 15) is 0 Å². The Labute approximate surface area is 139 Å². The van der Waals surface area contributed by atoms with Crippen LogP contribution in [0.5, 0.6) is 0 Å². The maximum absolute atomic E-state index is 8.79. The van der Waals surface area contributed by atoms with Crippen molar-refractivity contribution in [3.63, 3.8) is 0 Å². The summed E-state index contributed by atoms with van der Waals surface area (Å²) >= 11 is 18.1. The molecule has 5 heteroatoms. The van der Waals surface area contributed by atoms with Crippen molar-refractivity contribution in [3.05, 3.63) is 68.2 Å². The van der Waals surface area contributed by atoms with Gasteiger partial charge in [0, 0.05) is 21.6 Å². The van der Waals surface area contributed by atoms with Gasteiger partial charge in [-0.1, -0.05) is 46.9 Å². The SMILES string of the molecule is N#Cc1ccc(CNCCc2ccc(Cl)cc2Cl)c(Cl)c1. The van der Waals surface area contributed by atoms with Gasteiger partial charge < -0.3 is 5.32 Å². The quantitative estimate of drug-likeness (QED) is 0.790. The molecule has 0 aliphatic rings. The van der Waals surface area contributed by atoms with E-state index < -0.39 is 0 Å². The smallest absolute Gasteiger partial charge is 0.0992 e. The van der Waals surface area contributed by atoms with Gasteiger partial charge in [0.25, 0.3) is 0 Å². The fourth-order valence-electron chi connectivity index (χ4n) is 1.93. The first-order valence-electron chi connectivity index (χ1n) is 6.43. The summed E-state index contributed by atoms with van der Waals surface area (Å²) in [7, 11) is 0. The molecular formula is C16H13Cl3N2. The van der Waals surface area contributed by atoms with Crippen LogP contribution in [0, 0.1) is 11.3 Å². The Morgan fingerprint density at radius 3 is 2.33 bits per heavy atom. The van der Waals surface area contributed by atoms with Crippen molar-refractivity contribution in [2.45, 2.75) is 13.0 Å². The minimum atomic E-state index is 0.566. The van der Waals surface area contributed by atoms with E-state index in [1.54, 1.807) is 18.2 Å². The molecular weight excluding hydrogens is 327 g/mol. The van der Waals surface area contributed by atoms with Gasteiger partial charge in [-0.2, -0.15) is 5.26 Å². The van der Waals surface area contributed by atoms with Gasteiger partial charge in [-0.15, -0.1) is 0 Å². The molecule has 1 N–H and O–H groups in total. The van der Waals surface area contributed by atoms with E-state index in [0.717, 1.165) is 24.1 Å². The van der Waals surface area contributed by atoms with Crippen molar-refractivity contribution < 1.29 is 0 Å². The molecule has 0 unspecified atom stereocenters. The highest BCUT2D eigenvalue weighted by Crippen LogP contribution is 2.21. The van der Waals surface area contributed by atoms with Gasteiger partial charge in [0.05, 0.1) is 11.6 Å². The average Bonchev–Trinajstić information content (AvgIpc) is 2.46. The lowest BCUT2D eigenvalue weighted by atomic mass is 10.1. The summed E-state index contributed by atoms with van der Waals surface area (Å²) in [6.07, 6.45) is 0.809. The van der Waals surface area contributed by atoms with Gasteiger partial charge in [0.15, 0.2) is 0 Å². The molecule has 0 radical (unpaired) electrons. The standard InChI is InChI=1S/C16H13Cl3N2/c17-14-4-3-12(16(19)8-14)5-6-21-10-13-2-1-11(9-20)7-15(13)18/h1-4,7-8,21H,5-6,10H2. The molecule has 108 valence electrons. The van der Waals surface area contributed by atoms with E-state index in [0.29, 0.717) is 27.2 Å². The Morgan fingerprint density at radius 1 is 0.952 bits per heavy atom. The molecule has 0 fully saturated rings. The summed E-state index contributed by atoms with van der Waals surface area (Å²) in [6, 6.07) is 12.9. The van der Waals surface area contributed by atoms with E-state index in [1.165, 1.54) is 0 Å². The molecule has 0 aliphatic heterocycles. The number of benzene rings is 2. The lowest BCUT2D eigenvalue weighted by Crippen LogP contribution is -2.17. The zero-order valence-electron chi connectivity index (χ0n) is 11.2. The van der Waals surface area contributed by atoms with Crippen LogP contribution in [0.4, 0.5) is 0 Å². The first-order chi connectivity index (χ1) is 10.1. The normalized spacial score (nSPS) is 10.4. The predicted octanol–water partition coefficient (Wildman–Crippen LogP) is 4.85. The van der Waals surface area contributed by atoms with Crippen LogP contribution in [0.25, 0.3) is 0 Å². The zero-order chi connectivity index (χ0) is 15.2. The largest absolute Gasteiger partial charge is 0.312 e. The summed E-state index contributed by atoms with van der Waals surface area (Å²) < 4.78 is 0. The third-order valence-electron chi connectivity index (χ3n) is 3.08. The summed E-state index contributed by atoms with van der Waals surface area (Å²) in [5.41, 5.74) is 2.59. The second-order valence-electron chi connectivity index (χ2n) is 4.58. The van der Waals surface area contributed by atoms with E-state index in [2.05, 4.69) is 11.4 Å². The second kappa shape index (κ2) is 7.68. The van der Waals surface area contributed by atoms with Crippen LogP contribution in [-0.2, 0) is 13.0 Å². The lowest BCUT2D eigenvalue weighted by molar-refractivity contribution is 0.687. The van der Waals surface area contributed by atoms with Gasteiger partial charge in [0.1, 0.15) is 0 Å². The molecule has 0 aliphatic carbocycles. The molecule has 2 aromatic carbocycles. The summed E-state index contributed by atoms with van der Waals surface area (Å²) in [6.45, 7) is 1.42. The van der Waals surface area contributed by atoms with Crippen LogP contribution in [0.15, 0.2) is 36.4 Å². The molecule has 21 heavy (non-hydrogen) atoms. The summed E-state index contributed by atoms with van der Waals surface area (Å²) in [4.78, 5) is 0. The van der Waals surface area contributed by atoms with Crippen molar-refractivity contribution in [2.75, 3.05) is 6.54 Å². The van der Waals surface area contributed by atoms with E-state index >= 15 is 0 Å². The van der Waals surface area contributed by atoms with Crippen molar-refractivity contribution >= 4 is 34.8 Å². The molecule has 2 nitrogen and oxygen atoms in total. The number of nitrogens with one attached hydrogen (secondary N) is 1. The Kier molecular flexibility index (Phi) is 5.90.